The maximum Gasteiger partial charge on any atom is 0.217 e. The molecule has 1 aliphatic rings. The Morgan fingerprint density at radius 1 is 1.45 bits per heavy atom. The van der Waals surface area contributed by atoms with Crippen molar-refractivity contribution in [3.63, 3.8) is 0 Å². The SMILES string of the molecule is COCC#Cc1cnc(/C(C=[NH+]CC2OCC(C)(C)CO2)=N/N)c(OCC(C)(C)F)c1. The largest absolute Gasteiger partial charge is 0.488 e. The van der Waals surface area contributed by atoms with Crippen LogP contribution in [0.2, 0.25) is 0 Å². The zero-order valence-electron chi connectivity index (χ0n) is 18.8. The van der Waals surface area contributed by atoms with Crippen LogP contribution in [0.1, 0.15) is 39.0 Å². The van der Waals surface area contributed by atoms with Gasteiger partial charge in [-0.1, -0.05) is 25.7 Å². The van der Waals surface area contributed by atoms with E-state index in [-0.39, 0.29) is 24.9 Å². The molecule has 0 atom stereocenters. The van der Waals surface area contributed by atoms with E-state index in [1.54, 1.807) is 25.6 Å². The summed E-state index contributed by atoms with van der Waals surface area (Å²) in [6.45, 7) is 8.77. The van der Waals surface area contributed by atoms with Crippen LogP contribution in [0.15, 0.2) is 17.4 Å². The lowest BCUT2D eigenvalue weighted by atomic mass is 9.96. The Hall–Kier alpha value is -2.54. The van der Waals surface area contributed by atoms with Gasteiger partial charge >= 0.3 is 0 Å². The molecule has 0 radical (unpaired) electrons. The Labute approximate surface area is 183 Å². The van der Waals surface area contributed by atoms with E-state index in [9.17, 15) is 4.39 Å². The van der Waals surface area contributed by atoms with E-state index >= 15 is 0 Å². The second-order valence-corrected chi connectivity index (χ2v) is 8.60. The van der Waals surface area contributed by atoms with Gasteiger partial charge in [0.25, 0.3) is 0 Å². The van der Waals surface area contributed by atoms with Gasteiger partial charge in [0.1, 0.15) is 30.3 Å². The molecular formula is C22H32FN4O4+. The highest BCUT2D eigenvalue weighted by Gasteiger charge is 2.29. The molecule has 0 unspecified atom stereocenters. The third kappa shape index (κ3) is 8.61. The van der Waals surface area contributed by atoms with Gasteiger partial charge in [0.05, 0.1) is 13.2 Å². The zero-order chi connectivity index (χ0) is 22.9. The van der Waals surface area contributed by atoms with Gasteiger partial charge in [-0.15, -0.1) is 0 Å². The van der Waals surface area contributed by atoms with E-state index in [0.29, 0.717) is 42.5 Å². The van der Waals surface area contributed by atoms with Crippen LogP contribution in [0.5, 0.6) is 5.75 Å². The molecule has 1 fully saturated rings. The van der Waals surface area contributed by atoms with Crippen molar-refractivity contribution >= 4 is 11.9 Å². The molecule has 1 aromatic rings. The molecule has 0 amide bonds. The number of nitrogens with one attached hydrogen (secondary N) is 1. The number of hydrazone groups is 1. The van der Waals surface area contributed by atoms with Crippen molar-refractivity contribution in [1.29, 1.82) is 0 Å². The highest BCUT2D eigenvalue weighted by Crippen LogP contribution is 2.22. The van der Waals surface area contributed by atoms with Gasteiger partial charge in [0.15, 0.2) is 18.5 Å². The molecule has 0 aromatic carbocycles. The van der Waals surface area contributed by atoms with Crippen LogP contribution in [-0.4, -0.2) is 69.0 Å². The van der Waals surface area contributed by atoms with Crippen molar-refractivity contribution in [3.8, 4) is 17.6 Å². The van der Waals surface area contributed by atoms with Crippen molar-refractivity contribution in [3.05, 3.63) is 23.5 Å². The first-order valence-corrected chi connectivity index (χ1v) is 10.0. The third-order valence-electron chi connectivity index (χ3n) is 4.10. The van der Waals surface area contributed by atoms with E-state index < -0.39 is 5.67 Å². The number of hydrogen-bond acceptors (Lipinski definition) is 7. The number of rotatable bonds is 8. The van der Waals surface area contributed by atoms with Crippen molar-refractivity contribution in [2.75, 3.05) is 40.1 Å². The molecule has 0 aliphatic carbocycles. The van der Waals surface area contributed by atoms with Crippen molar-refractivity contribution < 1.29 is 28.3 Å². The van der Waals surface area contributed by atoms with Crippen LogP contribution in [-0.2, 0) is 14.2 Å². The van der Waals surface area contributed by atoms with Gasteiger partial charge in [0.2, 0.25) is 6.29 Å². The minimum absolute atomic E-state index is 0.00165. The second kappa shape index (κ2) is 11.2. The van der Waals surface area contributed by atoms with Crippen LogP contribution in [0.3, 0.4) is 0 Å². The maximum atomic E-state index is 14.0. The number of nitrogens with zero attached hydrogens (tertiary/aromatic N) is 2. The number of ether oxygens (including phenoxy) is 4. The Kier molecular flexibility index (Phi) is 8.92. The monoisotopic (exact) mass is 435 g/mol. The lowest BCUT2D eigenvalue weighted by Gasteiger charge is -2.32. The number of alkyl halides is 1. The highest BCUT2D eigenvalue weighted by molar-refractivity contribution is 6.36. The van der Waals surface area contributed by atoms with E-state index in [0.717, 1.165) is 0 Å². The quantitative estimate of drug-likeness (QED) is 0.266. The van der Waals surface area contributed by atoms with Gasteiger partial charge in [-0.25, -0.2) is 14.4 Å². The summed E-state index contributed by atoms with van der Waals surface area (Å²) in [6.07, 6.45) is 2.79. The fourth-order valence-corrected chi connectivity index (χ4v) is 2.54. The van der Waals surface area contributed by atoms with Crippen LogP contribution in [0.25, 0.3) is 0 Å². The molecule has 0 spiro atoms. The molecule has 2 rings (SSSR count). The highest BCUT2D eigenvalue weighted by atomic mass is 19.1. The summed E-state index contributed by atoms with van der Waals surface area (Å²) in [5, 5.41) is 3.80. The number of halogens is 1. The summed E-state index contributed by atoms with van der Waals surface area (Å²) >= 11 is 0. The second-order valence-electron chi connectivity index (χ2n) is 8.60. The number of hydrogen-bond donors (Lipinski definition) is 2. The summed E-state index contributed by atoms with van der Waals surface area (Å²) in [5.41, 5.74) is -0.232. The van der Waals surface area contributed by atoms with Gasteiger partial charge in [0, 0.05) is 24.3 Å². The van der Waals surface area contributed by atoms with E-state index in [4.69, 9.17) is 24.8 Å². The molecule has 8 nitrogen and oxygen atoms in total. The van der Waals surface area contributed by atoms with Gasteiger partial charge in [-0.3, -0.25) is 0 Å². The molecule has 3 N–H and O–H groups in total. The van der Waals surface area contributed by atoms with E-state index in [2.05, 4.69) is 40.8 Å². The van der Waals surface area contributed by atoms with Crippen LogP contribution in [0, 0.1) is 17.3 Å². The molecule has 0 bridgehead atoms. The van der Waals surface area contributed by atoms with Crippen LogP contribution >= 0.6 is 0 Å². The van der Waals surface area contributed by atoms with Crippen molar-refractivity contribution in [2.24, 2.45) is 16.4 Å². The number of pyridine rings is 1. The Bertz CT molecular complexity index is 843. The summed E-state index contributed by atoms with van der Waals surface area (Å²) in [5.74, 6) is 11.7. The first kappa shape index (κ1) is 24.7. The fourth-order valence-electron chi connectivity index (χ4n) is 2.54. The number of nitrogens with two attached hydrogens (primary N) is 1. The predicted octanol–water partition coefficient (Wildman–Crippen LogP) is 0.420. The molecule has 1 saturated heterocycles. The third-order valence-corrected chi connectivity index (χ3v) is 4.10. The van der Waals surface area contributed by atoms with Crippen molar-refractivity contribution in [1.82, 2.24) is 4.98 Å². The zero-order valence-corrected chi connectivity index (χ0v) is 18.8. The minimum atomic E-state index is -1.53. The summed E-state index contributed by atoms with van der Waals surface area (Å²) < 4.78 is 36.0. The van der Waals surface area contributed by atoms with Crippen molar-refractivity contribution in [2.45, 2.75) is 39.7 Å². The Morgan fingerprint density at radius 2 is 2.16 bits per heavy atom. The molecule has 170 valence electrons. The normalized spacial score (nSPS) is 17.4. The van der Waals surface area contributed by atoms with Crippen LogP contribution in [0.4, 0.5) is 4.39 Å². The Balaban J connectivity index is 2.17. The topological polar surface area (TPSA) is 102 Å². The first-order valence-electron chi connectivity index (χ1n) is 10.0. The van der Waals surface area contributed by atoms with Gasteiger partial charge < -0.3 is 24.8 Å². The lowest BCUT2D eigenvalue weighted by molar-refractivity contribution is -0.485. The smallest absolute Gasteiger partial charge is 0.217 e. The molecular weight excluding hydrogens is 403 g/mol. The number of aromatic nitrogens is 1. The maximum absolute atomic E-state index is 14.0. The average Bonchev–Trinajstić information content (AvgIpc) is 2.71. The summed E-state index contributed by atoms with van der Waals surface area (Å²) in [6, 6.07) is 1.67. The van der Waals surface area contributed by atoms with E-state index in [1.807, 2.05) is 0 Å². The number of methoxy groups -OCH3 is 1. The van der Waals surface area contributed by atoms with Crippen LogP contribution < -0.4 is 15.6 Å². The summed E-state index contributed by atoms with van der Waals surface area (Å²) in [7, 11) is 1.56. The lowest BCUT2D eigenvalue weighted by Crippen LogP contribution is -2.74. The van der Waals surface area contributed by atoms with Gasteiger partial charge in [-0.2, -0.15) is 5.10 Å². The molecule has 1 aromatic heterocycles. The molecule has 0 saturated carbocycles. The van der Waals surface area contributed by atoms with E-state index in [1.165, 1.54) is 13.8 Å². The molecule has 31 heavy (non-hydrogen) atoms. The molecule has 1 aliphatic heterocycles. The average molecular weight is 436 g/mol. The summed E-state index contributed by atoms with van der Waals surface area (Å²) in [4.78, 5) is 7.47. The van der Waals surface area contributed by atoms with Gasteiger partial charge in [-0.05, 0) is 19.9 Å². The standard InChI is InChI=1S/C22H31FN4O4/c1-21(2)13-30-19(31-14-21)12-25-11-17(27-24)20-18(29-15-22(3,4)23)9-16(10-26-20)7-6-8-28-5/h9-11,19H,8,12-15,24H2,1-5H3/p+1/b25-11?,27-17+. The Morgan fingerprint density at radius 3 is 2.77 bits per heavy atom. The molecule has 9 heteroatoms. The first-order chi connectivity index (χ1) is 14.6. The fraction of sp³-hybridized carbons (Fsp3) is 0.591. The minimum Gasteiger partial charge on any atom is -0.488 e. The predicted molar refractivity (Wildman–Crippen MR) is 116 cm³/mol. The molecule has 2 heterocycles.